The number of nitrogens with zero attached hydrogens (tertiary/aromatic N) is 2. The molecule has 1 aromatic heterocycles. The van der Waals surface area contributed by atoms with Crippen LogP contribution in [0.3, 0.4) is 0 Å². The highest BCUT2D eigenvalue weighted by atomic mass is 35.5. The number of hydrogen-bond acceptors (Lipinski definition) is 5. The molecule has 0 atom stereocenters. The Morgan fingerprint density at radius 3 is 2.94 bits per heavy atom. The number of likely N-dealkylation sites (N-methyl/N-ethyl adjacent to an activating group) is 1. The van der Waals surface area contributed by atoms with E-state index in [9.17, 15) is 0 Å². The molecule has 0 bridgehead atoms. The molecule has 1 aromatic carbocycles. The van der Waals surface area contributed by atoms with Crippen molar-refractivity contribution in [1.82, 2.24) is 15.5 Å². The van der Waals surface area contributed by atoms with Gasteiger partial charge in [-0.1, -0.05) is 17.7 Å². The van der Waals surface area contributed by atoms with Crippen LogP contribution in [0.1, 0.15) is 11.8 Å². The molecule has 2 rings (SSSR count). The van der Waals surface area contributed by atoms with E-state index in [2.05, 4.69) is 15.5 Å². The minimum absolute atomic E-state index is 0.243. The predicted molar refractivity (Wildman–Crippen MR) is 67.7 cm³/mol. The molecule has 0 aliphatic carbocycles. The fraction of sp³-hybridized carbons (Fsp3) is 0.333. The summed E-state index contributed by atoms with van der Waals surface area (Å²) in [6.07, 6.45) is 0.709. The van der Waals surface area contributed by atoms with Gasteiger partial charge in [-0.25, -0.2) is 0 Å². The zero-order valence-corrected chi connectivity index (χ0v) is 10.8. The van der Waals surface area contributed by atoms with Crippen molar-refractivity contribution in [2.24, 2.45) is 0 Å². The van der Waals surface area contributed by atoms with E-state index in [0.29, 0.717) is 29.0 Å². The summed E-state index contributed by atoms with van der Waals surface area (Å²) in [5.74, 6) is 1.74. The van der Waals surface area contributed by atoms with E-state index in [1.165, 1.54) is 0 Å². The topological polar surface area (TPSA) is 60.2 Å². The quantitative estimate of drug-likeness (QED) is 0.868. The minimum atomic E-state index is 0.243. The molecule has 1 heterocycles. The van der Waals surface area contributed by atoms with Crippen LogP contribution in [-0.2, 0) is 13.0 Å². The normalized spacial score (nSPS) is 10.6. The van der Waals surface area contributed by atoms with E-state index in [1.54, 1.807) is 12.1 Å². The second kappa shape index (κ2) is 6.37. The Morgan fingerprint density at radius 2 is 2.17 bits per heavy atom. The zero-order valence-electron chi connectivity index (χ0n) is 10.0. The first-order valence-electron chi connectivity index (χ1n) is 5.62. The molecular formula is C12H14ClN3O2. The summed E-state index contributed by atoms with van der Waals surface area (Å²) in [6.45, 7) is 1.05. The molecule has 0 fully saturated rings. The monoisotopic (exact) mass is 267 g/mol. The highest BCUT2D eigenvalue weighted by molar-refractivity contribution is 6.30. The van der Waals surface area contributed by atoms with Crippen molar-refractivity contribution < 1.29 is 9.15 Å². The maximum Gasteiger partial charge on any atom is 0.253 e. The maximum absolute atomic E-state index is 5.85. The number of ether oxygens (including phenoxy) is 1. The Bertz CT molecular complexity index is 502. The van der Waals surface area contributed by atoms with Gasteiger partial charge in [-0.05, 0) is 25.2 Å². The van der Waals surface area contributed by atoms with Crippen molar-refractivity contribution in [3.05, 3.63) is 41.1 Å². The number of halogens is 1. The Labute approximate surface area is 110 Å². The molecule has 18 heavy (non-hydrogen) atoms. The average molecular weight is 268 g/mol. The van der Waals surface area contributed by atoms with Crippen LogP contribution in [0.5, 0.6) is 5.75 Å². The summed E-state index contributed by atoms with van der Waals surface area (Å²) >= 11 is 5.85. The van der Waals surface area contributed by atoms with Crippen molar-refractivity contribution >= 4 is 11.6 Å². The average Bonchev–Trinajstić information content (AvgIpc) is 2.82. The van der Waals surface area contributed by atoms with E-state index in [-0.39, 0.29) is 6.61 Å². The molecule has 0 unspecified atom stereocenters. The Hall–Kier alpha value is -1.59. The number of rotatable bonds is 6. The van der Waals surface area contributed by atoms with Gasteiger partial charge in [0, 0.05) is 18.0 Å². The molecule has 96 valence electrons. The van der Waals surface area contributed by atoms with Crippen molar-refractivity contribution in [1.29, 1.82) is 0 Å². The van der Waals surface area contributed by atoms with Gasteiger partial charge < -0.3 is 14.5 Å². The summed E-state index contributed by atoms with van der Waals surface area (Å²) in [6, 6.07) is 7.17. The molecule has 0 amide bonds. The summed E-state index contributed by atoms with van der Waals surface area (Å²) in [7, 11) is 1.87. The van der Waals surface area contributed by atoms with Gasteiger partial charge >= 0.3 is 0 Å². The molecule has 0 radical (unpaired) electrons. The Balaban J connectivity index is 1.88. The number of nitrogens with one attached hydrogen (secondary N) is 1. The maximum atomic E-state index is 5.85. The summed E-state index contributed by atoms with van der Waals surface area (Å²) in [5, 5.41) is 11.5. The van der Waals surface area contributed by atoms with Crippen molar-refractivity contribution in [2.75, 3.05) is 13.6 Å². The highest BCUT2D eigenvalue weighted by Crippen LogP contribution is 2.18. The van der Waals surface area contributed by atoms with Crippen LogP contribution in [0.4, 0.5) is 0 Å². The van der Waals surface area contributed by atoms with Gasteiger partial charge in [0.15, 0.2) is 6.61 Å². The number of hydrogen-bond donors (Lipinski definition) is 1. The van der Waals surface area contributed by atoms with Gasteiger partial charge in [0.05, 0.1) is 0 Å². The molecule has 0 spiro atoms. The lowest BCUT2D eigenvalue weighted by atomic mass is 10.3. The third kappa shape index (κ3) is 3.72. The van der Waals surface area contributed by atoms with E-state index < -0.39 is 0 Å². The van der Waals surface area contributed by atoms with E-state index in [4.69, 9.17) is 20.8 Å². The summed E-state index contributed by atoms with van der Waals surface area (Å²) in [4.78, 5) is 0. The van der Waals surface area contributed by atoms with E-state index in [1.807, 2.05) is 19.2 Å². The van der Waals surface area contributed by atoms with Crippen LogP contribution in [0.2, 0.25) is 5.02 Å². The highest BCUT2D eigenvalue weighted by Gasteiger charge is 2.06. The standard InChI is InChI=1S/C12H14ClN3O2/c1-14-6-5-11-15-16-12(18-11)8-17-10-4-2-3-9(13)7-10/h2-4,7,14H,5-6,8H2,1H3. The van der Waals surface area contributed by atoms with Crippen LogP contribution < -0.4 is 10.1 Å². The molecule has 1 N–H and O–H groups in total. The molecule has 0 saturated carbocycles. The first-order chi connectivity index (χ1) is 8.78. The SMILES string of the molecule is CNCCc1nnc(COc2cccc(Cl)c2)o1. The predicted octanol–water partition coefficient (Wildman–Crippen LogP) is 2.06. The lowest BCUT2D eigenvalue weighted by Crippen LogP contribution is -2.10. The molecule has 0 aliphatic rings. The minimum Gasteiger partial charge on any atom is -0.484 e. The second-order valence-electron chi connectivity index (χ2n) is 3.69. The molecule has 6 heteroatoms. The largest absolute Gasteiger partial charge is 0.484 e. The van der Waals surface area contributed by atoms with Gasteiger partial charge in [-0.15, -0.1) is 10.2 Å². The smallest absolute Gasteiger partial charge is 0.253 e. The van der Waals surface area contributed by atoms with Gasteiger partial charge in [0.1, 0.15) is 5.75 Å². The van der Waals surface area contributed by atoms with Gasteiger partial charge in [0.25, 0.3) is 5.89 Å². The number of benzene rings is 1. The second-order valence-corrected chi connectivity index (χ2v) is 4.13. The fourth-order valence-corrected chi connectivity index (χ4v) is 1.56. The van der Waals surface area contributed by atoms with Crippen molar-refractivity contribution in [3.8, 4) is 5.75 Å². The summed E-state index contributed by atoms with van der Waals surface area (Å²) < 4.78 is 10.9. The Morgan fingerprint density at radius 1 is 1.33 bits per heavy atom. The van der Waals surface area contributed by atoms with E-state index >= 15 is 0 Å². The van der Waals surface area contributed by atoms with Crippen LogP contribution >= 0.6 is 11.6 Å². The lowest BCUT2D eigenvalue weighted by Gasteiger charge is -2.02. The van der Waals surface area contributed by atoms with Crippen molar-refractivity contribution in [3.63, 3.8) is 0 Å². The van der Waals surface area contributed by atoms with Gasteiger partial charge in [-0.3, -0.25) is 0 Å². The summed E-state index contributed by atoms with van der Waals surface area (Å²) in [5.41, 5.74) is 0. The Kier molecular flexibility index (Phi) is 4.55. The molecule has 0 aliphatic heterocycles. The zero-order chi connectivity index (χ0) is 12.8. The molecular weight excluding hydrogens is 254 g/mol. The lowest BCUT2D eigenvalue weighted by molar-refractivity contribution is 0.259. The third-order valence-electron chi connectivity index (χ3n) is 2.26. The van der Waals surface area contributed by atoms with Crippen LogP contribution in [0.15, 0.2) is 28.7 Å². The first-order valence-corrected chi connectivity index (χ1v) is 6.00. The molecule has 0 saturated heterocycles. The van der Waals surface area contributed by atoms with Gasteiger partial charge in [0.2, 0.25) is 5.89 Å². The van der Waals surface area contributed by atoms with Gasteiger partial charge in [-0.2, -0.15) is 0 Å². The van der Waals surface area contributed by atoms with Crippen molar-refractivity contribution in [2.45, 2.75) is 13.0 Å². The van der Waals surface area contributed by atoms with Crippen LogP contribution in [0, 0.1) is 0 Å². The van der Waals surface area contributed by atoms with Crippen LogP contribution in [-0.4, -0.2) is 23.8 Å². The molecule has 5 nitrogen and oxygen atoms in total. The number of aromatic nitrogens is 2. The third-order valence-corrected chi connectivity index (χ3v) is 2.49. The van der Waals surface area contributed by atoms with E-state index in [0.717, 1.165) is 6.54 Å². The van der Waals surface area contributed by atoms with Crippen LogP contribution in [0.25, 0.3) is 0 Å². The first kappa shape index (κ1) is 12.9. The fourth-order valence-electron chi connectivity index (χ4n) is 1.38. The molecule has 2 aromatic rings.